The SMILES string of the molecule is CCCCCCCCCCCCCCCCOCC(COP(=O)([O-])OC=C1CCC[N+]1(C)C)OCC1CCCCC1. The second-order valence-electron chi connectivity index (χ2n) is 13.1. The molecule has 7 nitrogen and oxygen atoms in total. The van der Waals surface area contributed by atoms with Gasteiger partial charge in [0.1, 0.15) is 18.1 Å². The summed E-state index contributed by atoms with van der Waals surface area (Å²) in [6, 6.07) is 0. The van der Waals surface area contributed by atoms with Crippen LogP contribution in [0.25, 0.3) is 0 Å². The molecule has 41 heavy (non-hydrogen) atoms. The maximum absolute atomic E-state index is 12.5. The Morgan fingerprint density at radius 2 is 1.44 bits per heavy atom. The van der Waals surface area contributed by atoms with E-state index in [1.165, 1.54) is 122 Å². The van der Waals surface area contributed by atoms with E-state index in [-0.39, 0.29) is 6.61 Å². The van der Waals surface area contributed by atoms with Crippen LogP contribution in [-0.2, 0) is 23.1 Å². The van der Waals surface area contributed by atoms with E-state index in [4.69, 9.17) is 18.5 Å². The van der Waals surface area contributed by atoms with Crippen LogP contribution in [0.3, 0.4) is 0 Å². The maximum atomic E-state index is 12.5. The summed E-state index contributed by atoms with van der Waals surface area (Å²) >= 11 is 0. The minimum Gasteiger partial charge on any atom is -0.746 e. The van der Waals surface area contributed by atoms with E-state index in [1.807, 2.05) is 0 Å². The molecular formula is C33H64NO6P. The third kappa shape index (κ3) is 18.1. The van der Waals surface area contributed by atoms with E-state index >= 15 is 0 Å². The van der Waals surface area contributed by atoms with Crippen LogP contribution in [0.4, 0.5) is 0 Å². The normalized spacial score (nSPS) is 20.8. The van der Waals surface area contributed by atoms with Crippen LogP contribution in [0, 0.1) is 5.92 Å². The number of ether oxygens (including phenoxy) is 2. The van der Waals surface area contributed by atoms with Crippen molar-refractivity contribution in [1.82, 2.24) is 0 Å². The number of rotatable bonds is 25. The van der Waals surface area contributed by atoms with E-state index in [2.05, 4.69) is 21.0 Å². The molecule has 8 heteroatoms. The summed E-state index contributed by atoms with van der Waals surface area (Å²) in [5, 5.41) is 0. The van der Waals surface area contributed by atoms with Gasteiger partial charge in [0.2, 0.25) is 0 Å². The summed E-state index contributed by atoms with van der Waals surface area (Å²) in [5.41, 5.74) is 0.964. The fourth-order valence-corrected chi connectivity index (χ4v) is 6.68. The number of unbranched alkanes of at least 4 members (excludes halogenated alkanes) is 13. The van der Waals surface area contributed by atoms with Crippen LogP contribution < -0.4 is 4.89 Å². The minimum atomic E-state index is -4.46. The van der Waals surface area contributed by atoms with Crippen LogP contribution in [0.5, 0.6) is 0 Å². The topological polar surface area (TPSA) is 77.1 Å². The van der Waals surface area contributed by atoms with Crippen molar-refractivity contribution >= 4 is 7.82 Å². The number of allylic oxidation sites excluding steroid dienone is 1. The quantitative estimate of drug-likeness (QED) is 0.0451. The molecule has 0 aromatic rings. The molecule has 242 valence electrons. The highest BCUT2D eigenvalue weighted by Crippen LogP contribution is 2.40. The third-order valence-electron chi connectivity index (χ3n) is 8.90. The van der Waals surface area contributed by atoms with Crippen molar-refractivity contribution in [3.05, 3.63) is 12.0 Å². The minimum absolute atomic E-state index is 0.0757. The number of hydrogen-bond donors (Lipinski definition) is 0. The molecule has 2 atom stereocenters. The highest BCUT2D eigenvalue weighted by molar-refractivity contribution is 7.46. The van der Waals surface area contributed by atoms with Gasteiger partial charge < -0.3 is 23.4 Å². The molecule has 0 spiro atoms. The van der Waals surface area contributed by atoms with Gasteiger partial charge in [-0.3, -0.25) is 9.05 Å². The van der Waals surface area contributed by atoms with Crippen LogP contribution in [0.2, 0.25) is 0 Å². The molecule has 0 N–H and O–H groups in total. The number of hydrogen-bond acceptors (Lipinski definition) is 6. The zero-order chi connectivity index (χ0) is 29.7. The largest absolute Gasteiger partial charge is 0.746 e. The van der Waals surface area contributed by atoms with Crippen molar-refractivity contribution in [3.63, 3.8) is 0 Å². The van der Waals surface area contributed by atoms with Gasteiger partial charge in [-0.15, -0.1) is 0 Å². The van der Waals surface area contributed by atoms with Gasteiger partial charge in [0.15, 0.2) is 0 Å². The fourth-order valence-electron chi connectivity index (χ4n) is 6.02. The second kappa shape index (κ2) is 22.1. The van der Waals surface area contributed by atoms with Gasteiger partial charge in [-0.1, -0.05) is 110 Å². The van der Waals surface area contributed by atoms with Crippen molar-refractivity contribution in [2.24, 2.45) is 5.92 Å². The molecule has 2 fully saturated rings. The van der Waals surface area contributed by atoms with Crippen LogP contribution in [0.1, 0.15) is 142 Å². The molecule has 1 aliphatic carbocycles. The van der Waals surface area contributed by atoms with E-state index < -0.39 is 13.9 Å². The predicted octanol–water partition coefficient (Wildman–Crippen LogP) is 8.66. The predicted molar refractivity (Wildman–Crippen MR) is 166 cm³/mol. The molecule has 0 bridgehead atoms. The number of phosphoric ester groups is 1. The summed E-state index contributed by atoms with van der Waals surface area (Å²) in [5.74, 6) is 0.541. The highest BCUT2D eigenvalue weighted by Gasteiger charge is 2.29. The standard InChI is InChI=1S/C33H64NO6P/c1-4-5-6-7-8-9-10-11-12-13-14-15-16-20-26-37-29-33(38-27-31-22-18-17-19-23-31)30-40-41(35,36)39-28-32-24-21-25-34(32,2)3/h28,31,33H,4-27,29-30H2,1-3H3. The summed E-state index contributed by atoms with van der Waals surface area (Å²) < 4.78 is 35.6. The van der Waals surface area contributed by atoms with Crippen molar-refractivity contribution in [1.29, 1.82) is 0 Å². The zero-order valence-electron chi connectivity index (χ0n) is 27.0. The van der Waals surface area contributed by atoms with Gasteiger partial charge in [-0.05, 0) is 25.2 Å². The lowest BCUT2D eigenvalue weighted by molar-refractivity contribution is -0.843. The van der Waals surface area contributed by atoms with Gasteiger partial charge in [-0.25, -0.2) is 0 Å². The summed E-state index contributed by atoms with van der Waals surface area (Å²) in [7, 11) is -0.341. The van der Waals surface area contributed by atoms with Crippen molar-refractivity contribution in [2.75, 3.05) is 47.1 Å². The average Bonchev–Trinajstić information content (AvgIpc) is 3.30. The number of phosphoric acid groups is 1. The molecule has 1 heterocycles. The smallest absolute Gasteiger partial charge is 0.319 e. The monoisotopic (exact) mass is 601 g/mol. The average molecular weight is 602 g/mol. The molecule has 0 radical (unpaired) electrons. The molecule has 0 aromatic heterocycles. The van der Waals surface area contributed by atoms with Gasteiger partial charge >= 0.3 is 7.82 Å². The Labute approximate surface area is 252 Å². The van der Waals surface area contributed by atoms with Gasteiger partial charge in [0, 0.05) is 26.1 Å². The highest BCUT2D eigenvalue weighted by atomic mass is 31.2. The fraction of sp³-hybridized carbons (Fsp3) is 0.939. The Hall–Kier alpha value is -0.430. The van der Waals surface area contributed by atoms with Crippen LogP contribution in [0.15, 0.2) is 12.0 Å². The first-order valence-electron chi connectivity index (χ1n) is 17.2. The second-order valence-corrected chi connectivity index (χ2v) is 14.5. The third-order valence-corrected chi connectivity index (χ3v) is 9.73. The van der Waals surface area contributed by atoms with Crippen molar-refractivity contribution in [2.45, 2.75) is 148 Å². The summed E-state index contributed by atoms with van der Waals surface area (Å²) in [6.07, 6.45) is 27.6. The van der Waals surface area contributed by atoms with E-state index in [0.29, 0.717) is 30.2 Å². The number of likely N-dealkylation sites (tertiary alicyclic amines) is 1. The molecule has 2 rings (SSSR count). The van der Waals surface area contributed by atoms with Crippen molar-refractivity contribution < 1.29 is 32.5 Å². The summed E-state index contributed by atoms with van der Waals surface area (Å²) in [6.45, 7) is 4.83. The number of quaternary nitrogens is 1. The van der Waals surface area contributed by atoms with Crippen molar-refractivity contribution in [3.8, 4) is 0 Å². The Balaban J connectivity index is 1.58. The molecule has 2 aliphatic rings. The first-order valence-corrected chi connectivity index (χ1v) is 18.6. The van der Waals surface area contributed by atoms with E-state index in [1.54, 1.807) is 0 Å². The molecule has 2 unspecified atom stereocenters. The lowest BCUT2D eigenvalue weighted by atomic mass is 9.90. The Kier molecular flexibility index (Phi) is 19.8. The first kappa shape index (κ1) is 36.8. The molecule has 1 saturated heterocycles. The molecule has 1 aliphatic heterocycles. The Morgan fingerprint density at radius 1 is 0.854 bits per heavy atom. The molecule has 1 saturated carbocycles. The maximum Gasteiger partial charge on any atom is 0.319 e. The van der Waals surface area contributed by atoms with E-state index in [9.17, 15) is 9.46 Å². The summed E-state index contributed by atoms with van der Waals surface area (Å²) in [4.78, 5) is 12.5. The van der Waals surface area contributed by atoms with Gasteiger partial charge in [0.25, 0.3) is 0 Å². The van der Waals surface area contributed by atoms with E-state index in [0.717, 1.165) is 31.5 Å². The lowest BCUT2D eigenvalue weighted by Gasteiger charge is -2.28. The Bertz CT molecular complexity index is 725. The van der Waals surface area contributed by atoms with Gasteiger partial charge in [-0.2, -0.15) is 0 Å². The zero-order valence-corrected chi connectivity index (χ0v) is 27.9. The molecule has 0 amide bonds. The molecular weight excluding hydrogens is 537 g/mol. The van der Waals surface area contributed by atoms with Crippen LogP contribution in [-0.4, -0.2) is 57.7 Å². The van der Waals surface area contributed by atoms with Crippen LogP contribution >= 0.6 is 7.82 Å². The first-order chi connectivity index (χ1) is 19.8. The Morgan fingerprint density at radius 3 is 2.00 bits per heavy atom. The molecule has 0 aromatic carbocycles. The number of nitrogens with zero attached hydrogens (tertiary/aromatic N) is 1. The lowest BCUT2D eigenvalue weighted by Crippen LogP contribution is -2.34. The van der Waals surface area contributed by atoms with Gasteiger partial charge in [0.05, 0.1) is 33.9 Å².